The Morgan fingerprint density at radius 1 is 1.50 bits per heavy atom. The summed E-state index contributed by atoms with van der Waals surface area (Å²) in [6, 6.07) is 0. The zero-order valence-electron chi connectivity index (χ0n) is 7.72. The van der Waals surface area contributed by atoms with Gasteiger partial charge in [0.15, 0.2) is 0 Å². The van der Waals surface area contributed by atoms with E-state index in [1.807, 2.05) is 13.2 Å². The van der Waals surface area contributed by atoms with E-state index >= 15 is 0 Å². The predicted octanol–water partition coefficient (Wildman–Crippen LogP) is 0.833. The van der Waals surface area contributed by atoms with Crippen LogP contribution in [-0.2, 0) is 9.59 Å². The Hall–Kier alpha value is -0.510. The second-order valence-corrected chi connectivity index (χ2v) is 4.01. The van der Waals surface area contributed by atoms with Crippen molar-refractivity contribution in [1.82, 2.24) is 5.32 Å². The Labute approximate surface area is 77.3 Å². The van der Waals surface area contributed by atoms with Crippen LogP contribution in [0.5, 0.6) is 0 Å². The van der Waals surface area contributed by atoms with Gasteiger partial charge < -0.3 is 5.32 Å². The Kier molecular flexibility index (Phi) is 5.80. The third kappa shape index (κ3) is 6.22. The van der Waals surface area contributed by atoms with E-state index in [9.17, 15) is 9.59 Å². The summed E-state index contributed by atoms with van der Waals surface area (Å²) in [7, 11) is 0. The van der Waals surface area contributed by atoms with Gasteiger partial charge in [-0.1, -0.05) is 6.92 Å². The summed E-state index contributed by atoms with van der Waals surface area (Å²) in [5, 5.41) is 3.09. The molecular formula is C8H15NO2S. The van der Waals surface area contributed by atoms with E-state index in [-0.39, 0.29) is 18.1 Å². The number of Topliss-reactive ketones (excluding diaryl/α,β-unsaturated/α-hetero) is 1. The van der Waals surface area contributed by atoms with Gasteiger partial charge in [-0.25, -0.2) is 0 Å². The summed E-state index contributed by atoms with van der Waals surface area (Å²) >= 11 is 1.69. The van der Waals surface area contributed by atoms with Crippen molar-refractivity contribution < 1.29 is 9.59 Å². The molecule has 0 saturated carbocycles. The molecule has 0 heterocycles. The fourth-order valence-electron chi connectivity index (χ4n) is 0.630. The predicted molar refractivity (Wildman–Crippen MR) is 51.3 cm³/mol. The second-order valence-electron chi connectivity index (χ2n) is 2.73. The van der Waals surface area contributed by atoms with Crippen molar-refractivity contribution in [1.29, 1.82) is 0 Å². The minimum atomic E-state index is -0.177. The first kappa shape index (κ1) is 11.5. The van der Waals surface area contributed by atoms with Crippen molar-refractivity contribution >= 4 is 23.5 Å². The highest BCUT2D eigenvalue weighted by Crippen LogP contribution is 2.02. The number of ketones is 1. The standard InChI is InChI=1S/C8H15NO2S/c1-6(10)4-8(11)9-5-7(2)12-3/h7H,4-5H2,1-3H3,(H,9,11). The van der Waals surface area contributed by atoms with Gasteiger partial charge in [0.1, 0.15) is 5.78 Å². The van der Waals surface area contributed by atoms with Crippen LogP contribution in [0.1, 0.15) is 20.3 Å². The van der Waals surface area contributed by atoms with E-state index in [2.05, 4.69) is 5.32 Å². The molecule has 0 aromatic carbocycles. The molecule has 0 aromatic rings. The second kappa shape index (κ2) is 6.06. The van der Waals surface area contributed by atoms with Crippen molar-refractivity contribution in [3.63, 3.8) is 0 Å². The highest BCUT2D eigenvalue weighted by atomic mass is 32.2. The van der Waals surface area contributed by atoms with Gasteiger partial charge >= 0.3 is 0 Å². The largest absolute Gasteiger partial charge is 0.355 e. The monoisotopic (exact) mass is 189 g/mol. The quantitative estimate of drug-likeness (QED) is 0.652. The lowest BCUT2D eigenvalue weighted by molar-refractivity contribution is -0.127. The maximum absolute atomic E-state index is 10.9. The maximum Gasteiger partial charge on any atom is 0.227 e. The van der Waals surface area contributed by atoms with E-state index in [0.717, 1.165) is 0 Å². The molecule has 0 radical (unpaired) electrons. The van der Waals surface area contributed by atoms with Crippen molar-refractivity contribution in [2.75, 3.05) is 12.8 Å². The lowest BCUT2D eigenvalue weighted by Crippen LogP contribution is -2.30. The lowest BCUT2D eigenvalue weighted by atomic mass is 10.3. The summed E-state index contributed by atoms with van der Waals surface area (Å²) < 4.78 is 0. The normalized spacial score (nSPS) is 12.2. The number of rotatable bonds is 5. The van der Waals surface area contributed by atoms with Crippen LogP contribution in [-0.4, -0.2) is 29.7 Å². The number of carbonyl (C=O) groups excluding carboxylic acids is 2. The molecule has 0 aromatic heterocycles. The molecule has 1 atom stereocenters. The van der Waals surface area contributed by atoms with Gasteiger partial charge in [-0.05, 0) is 13.2 Å². The third-order valence-electron chi connectivity index (χ3n) is 1.40. The zero-order chi connectivity index (χ0) is 9.56. The van der Waals surface area contributed by atoms with Crippen LogP contribution in [0.2, 0.25) is 0 Å². The molecule has 0 bridgehead atoms. The summed E-state index contributed by atoms with van der Waals surface area (Å²) in [6.45, 7) is 4.07. The van der Waals surface area contributed by atoms with Crippen LogP contribution in [0.25, 0.3) is 0 Å². The Bertz CT molecular complexity index is 170. The summed E-state index contributed by atoms with van der Waals surface area (Å²) in [6.07, 6.45) is 1.99. The molecule has 0 aliphatic heterocycles. The maximum atomic E-state index is 10.9. The molecule has 0 fully saturated rings. The van der Waals surface area contributed by atoms with Gasteiger partial charge in [-0.2, -0.15) is 11.8 Å². The van der Waals surface area contributed by atoms with Gasteiger partial charge in [0, 0.05) is 11.8 Å². The van der Waals surface area contributed by atoms with Gasteiger partial charge in [0.05, 0.1) is 6.42 Å². The average Bonchev–Trinajstić information content (AvgIpc) is 1.99. The molecule has 0 saturated heterocycles. The number of nitrogens with one attached hydrogen (secondary N) is 1. The highest BCUT2D eigenvalue weighted by molar-refractivity contribution is 7.99. The molecule has 1 unspecified atom stereocenters. The Morgan fingerprint density at radius 3 is 2.50 bits per heavy atom. The average molecular weight is 189 g/mol. The minimum absolute atomic E-state index is 0.00109. The molecule has 4 heteroatoms. The SMILES string of the molecule is CSC(C)CNC(=O)CC(C)=O. The van der Waals surface area contributed by atoms with Gasteiger partial charge in [0.2, 0.25) is 5.91 Å². The van der Waals surface area contributed by atoms with Gasteiger partial charge in [-0.3, -0.25) is 9.59 Å². The molecule has 3 nitrogen and oxygen atoms in total. The van der Waals surface area contributed by atoms with E-state index in [4.69, 9.17) is 0 Å². The molecule has 0 rings (SSSR count). The fourth-order valence-corrected chi connectivity index (χ4v) is 0.880. The van der Waals surface area contributed by atoms with Crippen molar-refractivity contribution in [2.24, 2.45) is 0 Å². The number of hydrogen-bond donors (Lipinski definition) is 1. The van der Waals surface area contributed by atoms with Crippen LogP contribution in [0, 0.1) is 0 Å². The van der Waals surface area contributed by atoms with E-state index < -0.39 is 0 Å². The summed E-state index contributed by atoms with van der Waals surface area (Å²) in [5.41, 5.74) is 0. The highest BCUT2D eigenvalue weighted by Gasteiger charge is 2.05. The molecule has 12 heavy (non-hydrogen) atoms. The zero-order valence-corrected chi connectivity index (χ0v) is 8.53. The number of thioether (sulfide) groups is 1. The molecule has 1 amide bonds. The molecule has 0 aliphatic carbocycles. The molecule has 70 valence electrons. The minimum Gasteiger partial charge on any atom is -0.355 e. The summed E-state index contributed by atoms with van der Waals surface area (Å²) in [5.74, 6) is -0.271. The number of hydrogen-bond acceptors (Lipinski definition) is 3. The number of amides is 1. The molecular weight excluding hydrogens is 174 g/mol. The first-order chi connectivity index (χ1) is 5.56. The van der Waals surface area contributed by atoms with Crippen LogP contribution in [0.3, 0.4) is 0 Å². The molecule has 0 aliphatic rings. The fraction of sp³-hybridized carbons (Fsp3) is 0.750. The summed E-state index contributed by atoms with van der Waals surface area (Å²) in [4.78, 5) is 21.4. The van der Waals surface area contributed by atoms with E-state index in [0.29, 0.717) is 11.8 Å². The van der Waals surface area contributed by atoms with Gasteiger partial charge in [0.25, 0.3) is 0 Å². The van der Waals surface area contributed by atoms with Crippen molar-refractivity contribution in [3.8, 4) is 0 Å². The third-order valence-corrected chi connectivity index (χ3v) is 2.37. The Morgan fingerprint density at radius 2 is 2.08 bits per heavy atom. The smallest absolute Gasteiger partial charge is 0.227 e. The van der Waals surface area contributed by atoms with E-state index in [1.54, 1.807) is 11.8 Å². The first-order valence-corrected chi connectivity index (χ1v) is 5.14. The van der Waals surface area contributed by atoms with Crippen molar-refractivity contribution in [3.05, 3.63) is 0 Å². The van der Waals surface area contributed by atoms with Crippen LogP contribution in [0.4, 0.5) is 0 Å². The van der Waals surface area contributed by atoms with E-state index in [1.165, 1.54) is 6.92 Å². The lowest BCUT2D eigenvalue weighted by Gasteiger charge is -2.08. The first-order valence-electron chi connectivity index (χ1n) is 3.85. The molecule has 0 spiro atoms. The molecule has 1 N–H and O–H groups in total. The van der Waals surface area contributed by atoms with Crippen LogP contribution < -0.4 is 5.32 Å². The van der Waals surface area contributed by atoms with Crippen molar-refractivity contribution in [2.45, 2.75) is 25.5 Å². The Balaban J connectivity index is 3.50. The van der Waals surface area contributed by atoms with Crippen LogP contribution >= 0.6 is 11.8 Å². The van der Waals surface area contributed by atoms with Crippen LogP contribution in [0.15, 0.2) is 0 Å². The number of carbonyl (C=O) groups is 2. The van der Waals surface area contributed by atoms with Gasteiger partial charge in [-0.15, -0.1) is 0 Å². The topological polar surface area (TPSA) is 46.2 Å².